The maximum atomic E-state index is 2.41. The van der Waals surface area contributed by atoms with Crippen LogP contribution >= 0.6 is 0 Å². The van der Waals surface area contributed by atoms with E-state index in [1.165, 1.54) is 93.8 Å². The summed E-state index contributed by atoms with van der Waals surface area (Å²) in [6, 6.07) is 59.0. The number of aromatic nitrogens is 1. The van der Waals surface area contributed by atoms with E-state index < -0.39 is 0 Å². The van der Waals surface area contributed by atoms with Gasteiger partial charge in [0.2, 0.25) is 0 Å². The SMILES string of the molecule is CC(C)c1ccc(N(c2ccc(C(C)C)cc2)c2ccc3cc4c(cc3c2)-c2cc3cc(-n5c6ccccc6c6ccccc65)ccc3cc2-4)cc1. The number of hydrogen-bond acceptors (Lipinski definition) is 1. The zero-order chi connectivity index (χ0) is 35.1. The monoisotopic (exact) mass is 668 g/mol. The second kappa shape index (κ2) is 11.7. The number of para-hydroxylation sites is 2. The number of hydrogen-bond donors (Lipinski definition) is 0. The Bertz CT molecular complexity index is 2730. The number of rotatable bonds is 6. The lowest BCUT2D eigenvalue weighted by Crippen LogP contribution is -2.10. The molecule has 9 aromatic rings. The Kier molecular flexibility index (Phi) is 6.91. The van der Waals surface area contributed by atoms with Crippen molar-refractivity contribution in [2.45, 2.75) is 39.5 Å². The average molecular weight is 669 g/mol. The summed E-state index contributed by atoms with van der Waals surface area (Å²) >= 11 is 0. The fourth-order valence-corrected chi connectivity index (χ4v) is 8.34. The van der Waals surface area contributed by atoms with Crippen LogP contribution in [0.1, 0.15) is 50.7 Å². The van der Waals surface area contributed by atoms with E-state index in [4.69, 9.17) is 0 Å². The molecule has 1 aliphatic rings. The molecule has 0 saturated carbocycles. The van der Waals surface area contributed by atoms with E-state index in [0.29, 0.717) is 11.8 Å². The Morgan fingerprint density at radius 2 is 0.808 bits per heavy atom. The Labute approximate surface area is 305 Å². The van der Waals surface area contributed by atoms with Crippen LogP contribution in [-0.2, 0) is 0 Å². The van der Waals surface area contributed by atoms with Gasteiger partial charge in [-0.15, -0.1) is 0 Å². The maximum absolute atomic E-state index is 2.41. The molecule has 0 amide bonds. The molecule has 0 radical (unpaired) electrons. The normalized spacial score (nSPS) is 12.2. The van der Waals surface area contributed by atoms with Crippen LogP contribution in [0, 0.1) is 0 Å². The molecule has 1 aromatic heterocycles. The molecule has 250 valence electrons. The Morgan fingerprint density at radius 1 is 0.385 bits per heavy atom. The summed E-state index contributed by atoms with van der Waals surface area (Å²) in [6.07, 6.45) is 0. The Morgan fingerprint density at radius 3 is 1.31 bits per heavy atom. The van der Waals surface area contributed by atoms with Crippen LogP contribution in [0.2, 0.25) is 0 Å². The van der Waals surface area contributed by atoms with Gasteiger partial charge in [-0.2, -0.15) is 0 Å². The highest BCUT2D eigenvalue weighted by Gasteiger charge is 2.25. The van der Waals surface area contributed by atoms with Gasteiger partial charge < -0.3 is 9.47 Å². The molecule has 0 fully saturated rings. The summed E-state index contributed by atoms with van der Waals surface area (Å²) in [4.78, 5) is 2.39. The van der Waals surface area contributed by atoms with Gasteiger partial charge in [0.15, 0.2) is 0 Å². The second-order valence-electron chi connectivity index (χ2n) is 15.1. The smallest absolute Gasteiger partial charge is 0.0541 e. The average Bonchev–Trinajstić information content (AvgIpc) is 3.51. The van der Waals surface area contributed by atoms with Crippen LogP contribution in [-0.4, -0.2) is 4.57 Å². The summed E-state index contributed by atoms with van der Waals surface area (Å²) in [5, 5.41) is 7.62. The van der Waals surface area contributed by atoms with Crippen LogP contribution in [0.3, 0.4) is 0 Å². The van der Waals surface area contributed by atoms with E-state index in [1.54, 1.807) is 0 Å². The van der Waals surface area contributed by atoms with Crippen molar-refractivity contribution >= 4 is 60.4 Å². The predicted molar refractivity (Wildman–Crippen MR) is 223 cm³/mol. The van der Waals surface area contributed by atoms with E-state index in [0.717, 1.165) is 5.69 Å². The van der Waals surface area contributed by atoms with Gasteiger partial charge in [-0.1, -0.05) is 100 Å². The van der Waals surface area contributed by atoms with Crippen LogP contribution in [0.25, 0.3) is 71.3 Å². The van der Waals surface area contributed by atoms with Gasteiger partial charge in [-0.05, 0) is 152 Å². The molecule has 2 nitrogen and oxygen atoms in total. The third-order valence-electron chi connectivity index (χ3n) is 11.2. The van der Waals surface area contributed by atoms with Gasteiger partial charge in [0.05, 0.1) is 11.0 Å². The van der Waals surface area contributed by atoms with Gasteiger partial charge >= 0.3 is 0 Å². The van der Waals surface area contributed by atoms with Crippen molar-refractivity contribution < 1.29 is 0 Å². The lowest BCUT2D eigenvalue weighted by atomic mass is 9.78. The first-order valence-electron chi connectivity index (χ1n) is 18.6. The zero-order valence-corrected chi connectivity index (χ0v) is 30.1. The maximum Gasteiger partial charge on any atom is 0.0541 e. The highest BCUT2D eigenvalue weighted by molar-refractivity contribution is 6.13. The van der Waals surface area contributed by atoms with Gasteiger partial charge in [-0.25, -0.2) is 0 Å². The van der Waals surface area contributed by atoms with Crippen molar-refractivity contribution in [1.29, 1.82) is 0 Å². The highest BCUT2D eigenvalue weighted by Crippen LogP contribution is 2.51. The van der Waals surface area contributed by atoms with Crippen molar-refractivity contribution in [3.05, 3.63) is 169 Å². The summed E-state index contributed by atoms with van der Waals surface area (Å²) < 4.78 is 2.41. The molecule has 0 bridgehead atoms. The third kappa shape index (κ3) is 4.78. The molecule has 10 rings (SSSR count). The van der Waals surface area contributed by atoms with E-state index in [1.807, 2.05) is 0 Å². The van der Waals surface area contributed by atoms with Crippen LogP contribution in [0.5, 0.6) is 0 Å². The lowest BCUT2D eigenvalue weighted by Gasteiger charge is -2.28. The molecule has 0 aliphatic heterocycles. The molecular formula is C50H40N2. The molecule has 1 heterocycles. The van der Waals surface area contributed by atoms with E-state index >= 15 is 0 Å². The van der Waals surface area contributed by atoms with Gasteiger partial charge in [-0.3, -0.25) is 0 Å². The molecule has 0 N–H and O–H groups in total. The second-order valence-corrected chi connectivity index (χ2v) is 15.1. The van der Waals surface area contributed by atoms with Crippen LogP contribution in [0.15, 0.2) is 158 Å². The standard InChI is InChI=1S/C50H40N2/c1-31(2)33-13-19-39(20-14-33)51(40-21-15-34(16-22-40)32(3)4)41-23-17-35-27-45-46-28-36-18-24-42(26-38(36)30-48(46)47(45)29-37(35)25-41)52-49-11-7-5-9-43(49)44-10-6-8-12-50(44)52/h5-32H,1-4H3. The lowest BCUT2D eigenvalue weighted by molar-refractivity contribution is 0.866. The number of nitrogens with zero attached hydrogens (tertiary/aromatic N) is 2. The van der Waals surface area contributed by atoms with E-state index in [2.05, 4.69) is 195 Å². The van der Waals surface area contributed by atoms with E-state index in [-0.39, 0.29) is 0 Å². The molecule has 0 atom stereocenters. The van der Waals surface area contributed by atoms with Gasteiger partial charge in [0.25, 0.3) is 0 Å². The summed E-state index contributed by atoms with van der Waals surface area (Å²) in [7, 11) is 0. The highest BCUT2D eigenvalue weighted by atomic mass is 15.1. The van der Waals surface area contributed by atoms with Crippen molar-refractivity contribution in [2.75, 3.05) is 4.90 Å². The largest absolute Gasteiger partial charge is 0.310 e. The van der Waals surface area contributed by atoms with Crippen molar-refractivity contribution in [3.8, 4) is 27.9 Å². The first kappa shape index (κ1) is 30.7. The summed E-state index contributed by atoms with van der Waals surface area (Å²) in [5.74, 6) is 0.985. The molecule has 0 spiro atoms. The van der Waals surface area contributed by atoms with E-state index in [9.17, 15) is 0 Å². The van der Waals surface area contributed by atoms with Crippen molar-refractivity contribution in [3.63, 3.8) is 0 Å². The number of anilines is 3. The number of benzene rings is 8. The van der Waals surface area contributed by atoms with Crippen molar-refractivity contribution in [2.24, 2.45) is 0 Å². The first-order valence-corrected chi connectivity index (χ1v) is 18.6. The summed E-state index contributed by atoms with van der Waals surface area (Å²) in [5.41, 5.74) is 15.2. The van der Waals surface area contributed by atoms with Crippen LogP contribution < -0.4 is 4.90 Å². The van der Waals surface area contributed by atoms with Crippen LogP contribution in [0.4, 0.5) is 17.1 Å². The Hall–Kier alpha value is -6.12. The summed E-state index contributed by atoms with van der Waals surface area (Å²) in [6.45, 7) is 9.01. The minimum Gasteiger partial charge on any atom is -0.310 e. The fraction of sp³-hybridized carbons (Fsp3) is 0.120. The van der Waals surface area contributed by atoms with Crippen molar-refractivity contribution in [1.82, 2.24) is 4.57 Å². The minimum absolute atomic E-state index is 0.492. The fourth-order valence-electron chi connectivity index (χ4n) is 8.34. The molecule has 0 unspecified atom stereocenters. The molecule has 0 saturated heterocycles. The molecule has 52 heavy (non-hydrogen) atoms. The van der Waals surface area contributed by atoms with Gasteiger partial charge in [0, 0.05) is 33.5 Å². The predicted octanol–water partition coefficient (Wildman–Crippen LogP) is 14.5. The molecule has 1 aliphatic carbocycles. The number of fused-ring (bicyclic) bond motifs is 9. The Balaban J connectivity index is 1.06. The zero-order valence-electron chi connectivity index (χ0n) is 30.1. The topological polar surface area (TPSA) is 8.17 Å². The first-order chi connectivity index (χ1) is 25.4. The minimum atomic E-state index is 0.492. The molecule has 8 aromatic carbocycles. The molecule has 2 heteroatoms. The molecular weight excluding hydrogens is 629 g/mol. The third-order valence-corrected chi connectivity index (χ3v) is 11.2. The quantitative estimate of drug-likeness (QED) is 0.171. The van der Waals surface area contributed by atoms with Gasteiger partial charge in [0.1, 0.15) is 0 Å².